The Hall–Kier alpha value is -1.20. The van der Waals surface area contributed by atoms with Crippen molar-refractivity contribution in [2.45, 2.75) is 46.3 Å². The van der Waals surface area contributed by atoms with E-state index in [0.29, 0.717) is 4.99 Å². The molecule has 1 aromatic heterocycles. The predicted octanol–water partition coefficient (Wildman–Crippen LogP) is 2.34. The maximum absolute atomic E-state index is 5.95. The van der Waals surface area contributed by atoms with Gasteiger partial charge >= 0.3 is 0 Å². The fraction of sp³-hybridized carbons (Fsp3) is 0.600. The summed E-state index contributed by atoms with van der Waals surface area (Å²) in [4.78, 5) is 7.33. The molecule has 1 unspecified atom stereocenters. The van der Waals surface area contributed by atoms with E-state index in [0.717, 1.165) is 35.7 Å². The summed E-state index contributed by atoms with van der Waals surface area (Å²) in [5, 5.41) is 0. The van der Waals surface area contributed by atoms with E-state index < -0.39 is 0 Å². The summed E-state index contributed by atoms with van der Waals surface area (Å²) in [6, 6.07) is 2.02. The summed E-state index contributed by atoms with van der Waals surface area (Å²) >= 11 is 5.22. The van der Waals surface area contributed by atoms with Gasteiger partial charge in [-0.15, -0.1) is 0 Å². The molecule has 0 radical (unpaired) electrons. The second kappa shape index (κ2) is 5.30. The van der Waals surface area contributed by atoms with Gasteiger partial charge in [0, 0.05) is 18.8 Å². The number of aryl methyl sites for hydroxylation is 2. The highest BCUT2D eigenvalue weighted by Gasteiger charge is 2.33. The highest BCUT2D eigenvalue weighted by atomic mass is 32.1. The summed E-state index contributed by atoms with van der Waals surface area (Å²) in [5.41, 5.74) is 8.65. The highest BCUT2D eigenvalue weighted by Crippen LogP contribution is 2.29. The summed E-state index contributed by atoms with van der Waals surface area (Å²) < 4.78 is 5.95. The molecule has 1 aromatic rings. The summed E-state index contributed by atoms with van der Waals surface area (Å²) in [7, 11) is 0. The zero-order chi connectivity index (χ0) is 15.1. The standard InChI is InChI=1S/C15H23N3OS/c1-9-6-10(2)17-14(12(9)13(16)20)18-7-11(3)19-15(4,5)8-18/h6,11H,7-8H2,1-5H3,(H2,16,20). The third-order valence-corrected chi connectivity index (χ3v) is 3.65. The van der Waals surface area contributed by atoms with Gasteiger partial charge in [-0.3, -0.25) is 0 Å². The number of anilines is 1. The van der Waals surface area contributed by atoms with Crippen LogP contribution >= 0.6 is 12.2 Å². The van der Waals surface area contributed by atoms with Crippen LogP contribution in [0.2, 0.25) is 0 Å². The summed E-state index contributed by atoms with van der Waals surface area (Å²) in [6.45, 7) is 11.9. The molecule has 0 saturated carbocycles. The molecule has 4 nitrogen and oxygen atoms in total. The minimum Gasteiger partial charge on any atom is -0.389 e. The number of ether oxygens (including phenoxy) is 1. The van der Waals surface area contributed by atoms with Crippen LogP contribution in [0.15, 0.2) is 6.07 Å². The van der Waals surface area contributed by atoms with Crippen LogP contribution in [0.3, 0.4) is 0 Å². The minimum absolute atomic E-state index is 0.153. The van der Waals surface area contributed by atoms with Gasteiger partial charge in [0.2, 0.25) is 0 Å². The SMILES string of the molecule is Cc1cc(C)c(C(N)=S)c(N2CC(C)OC(C)(C)C2)n1. The highest BCUT2D eigenvalue weighted by molar-refractivity contribution is 7.80. The topological polar surface area (TPSA) is 51.4 Å². The number of aromatic nitrogens is 1. The van der Waals surface area contributed by atoms with Crippen molar-refractivity contribution in [2.24, 2.45) is 5.73 Å². The Balaban J connectivity index is 2.48. The molecule has 1 saturated heterocycles. The third kappa shape index (κ3) is 3.10. The maximum atomic E-state index is 5.95. The van der Waals surface area contributed by atoms with Gasteiger partial charge in [0.15, 0.2) is 0 Å². The molecule has 1 aliphatic heterocycles. The Morgan fingerprint density at radius 2 is 2.15 bits per heavy atom. The van der Waals surface area contributed by atoms with Crippen LogP contribution in [-0.2, 0) is 4.74 Å². The normalized spacial score (nSPS) is 21.9. The lowest BCUT2D eigenvalue weighted by molar-refractivity contribution is -0.0751. The number of rotatable bonds is 2. The van der Waals surface area contributed by atoms with E-state index in [4.69, 9.17) is 22.7 Å². The van der Waals surface area contributed by atoms with Crippen LogP contribution < -0.4 is 10.6 Å². The van der Waals surface area contributed by atoms with Gasteiger partial charge in [-0.1, -0.05) is 12.2 Å². The first kappa shape index (κ1) is 15.2. The van der Waals surface area contributed by atoms with Crippen molar-refractivity contribution in [1.29, 1.82) is 0 Å². The Morgan fingerprint density at radius 1 is 1.50 bits per heavy atom. The van der Waals surface area contributed by atoms with E-state index in [9.17, 15) is 0 Å². The van der Waals surface area contributed by atoms with Crippen molar-refractivity contribution >= 4 is 23.0 Å². The van der Waals surface area contributed by atoms with Gasteiger partial charge in [0.05, 0.1) is 17.3 Å². The number of hydrogen-bond donors (Lipinski definition) is 1. The van der Waals surface area contributed by atoms with Crippen LogP contribution in [0.1, 0.15) is 37.6 Å². The van der Waals surface area contributed by atoms with Gasteiger partial charge in [0.1, 0.15) is 10.8 Å². The first-order valence-corrected chi connectivity index (χ1v) is 7.31. The molecule has 0 spiro atoms. The molecule has 1 atom stereocenters. The first-order chi connectivity index (χ1) is 9.19. The lowest BCUT2D eigenvalue weighted by Gasteiger charge is -2.43. The molecule has 1 aliphatic rings. The van der Waals surface area contributed by atoms with E-state index in [1.165, 1.54) is 0 Å². The molecule has 0 amide bonds. The molecule has 0 aliphatic carbocycles. The largest absolute Gasteiger partial charge is 0.389 e. The van der Waals surface area contributed by atoms with Crippen LogP contribution in [-0.4, -0.2) is 34.8 Å². The fourth-order valence-corrected chi connectivity index (χ4v) is 3.22. The van der Waals surface area contributed by atoms with Gasteiger partial charge < -0.3 is 15.4 Å². The van der Waals surface area contributed by atoms with E-state index in [2.05, 4.69) is 30.7 Å². The molecule has 20 heavy (non-hydrogen) atoms. The van der Waals surface area contributed by atoms with Crippen molar-refractivity contribution in [1.82, 2.24) is 4.98 Å². The van der Waals surface area contributed by atoms with Crippen LogP contribution in [0, 0.1) is 13.8 Å². The van der Waals surface area contributed by atoms with Crippen LogP contribution in [0.25, 0.3) is 0 Å². The molecule has 1 fully saturated rings. The van der Waals surface area contributed by atoms with Gasteiger partial charge in [-0.25, -0.2) is 4.98 Å². The smallest absolute Gasteiger partial charge is 0.139 e. The molecular weight excluding hydrogens is 270 g/mol. The second-order valence-corrected chi connectivity index (χ2v) is 6.65. The van der Waals surface area contributed by atoms with E-state index >= 15 is 0 Å². The number of nitrogens with zero attached hydrogens (tertiary/aromatic N) is 2. The number of morpholine rings is 1. The monoisotopic (exact) mass is 293 g/mol. The second-order valence-electron chi connectivity index (χ2n) is 6.21. The summed E-state index contributed by atoms with van der Waals surface area (Å²) in [6.07, 6.45) is 0.153. The van der Waals surface area contributed by atoms with Crippen molar-refractivity contribution in [3.05, 3.63) is 22.9 Å². The molecule has 2 rings (SSSR count). The fourth-order valence-electron chi connectivity index (χ4n) is 2.97. The molecule has 110 valence electrons. The number of hydrogen-bond acceptors (Lipinski definition) is 4. The average molecular weight is 293 g/mol. The average Bonchev–Trinajstić information content (AvgIpc) is 2.24. The predicted molar refractivity (Wildman–Crippen MR) is 86.4 cm³/mol. The molecule has 2 N–H and O–H groups in total. The molecule has 0 aromatic carbocycles. The van der Waals surface area contributed by atoms with Crippen molar-refractivity contribution in [2.75, 3.05) is 18.0 Å². The van der Waals surface area contributed by atoms with Crippen molar-refractivity contribution in [3.8, 4) is 0 Å². The van der Waals surface area contributed by atoms with Crippen LogP contribution in [0.4, 0.5) is 5.82 Å². The molecule has 5 heteroatoms. The Labute approximate surface area is 126 Å². The van der Waals surface area contributed by atoms with Crippen molar-refractivity contribution in [3.63, 3.8) is 0 Å². The maximum Gasteiger partial charge on any atom is 0.139 e. The first-order valence-electron chi connectivity index (χ1n) is 6.90. The van der Waals surface area contributed by atoms with Gasteiger partial charge in [-0.05, 0) is 46.2 Å². The Kier molecular flexibility index (Phi) is 4.02. The molecular formula is C15H23N3OS. The quantitative estimate of drug-likeness (QED) is 0.848. The van der Waals surface area contributed by atoms with Gasteiger partial charge in [-0.2, -0.15) is 0 Å². The van der Waals surface area contributed by atoms with Crippen molar-refractivity contribution < 1.29 is 4.74 Å². The Bertz CT molecular complexity index is 542. The number of thiocarbonyl (C=S) groups is 1. The zero-order valence-corrected chi connectivity index (χ0v) is 13.7. The molecule has 0 bridgehead atoms. The zero-order valence-electron chi connectivity index (χ0n) is 12.9. The number of nitrogens with two attached hydrogens (primary N) is 1. The lowest BCUT2D eigenvalue weighted by Crippen LogP contribution is -2.52. The Morgan fingerprint density at radius 3 is 2.70 bits per heavy atom. The molecule has 2 heterocycles. The van der Waals surface area contributed by atoms with E-state index in [1.807, 2.05) is 19.9 Å². The van der Waals surface area contributed by atoms with E-state index in [-0.39, 0.29) is 11.7 Å². The lowest BCUT2D eigenvalue weighted by atomic mass is 10.0. The summed E-state index contributed by atoms with van der Waals surface area (Å²) in [5.74, 6) is 0.887. The minimum atomic E-state index is -0.204. The number of pyridine rings is 1. The van der Waals surface area contributed by atoms with Gasteiger partial charge in [0.25, 0.3) is 0 Å². The third-order valence-electron chi connectivity index (χ3n) is 3.44. The van der Waals surface area contributed by atoms with E-state index in [1.54, 1.807) is 0 Å². The van der Waals surface area contributed by atoms with Crippen LogP contribution in [0.5, 0.6) is 0 Å².